The van der Waals surface area contributed by atoms with Crippen LogP contribution in [0.1, 0.15) is 16.8 Å². The molecule has 1 amide bonds. The SMILES string of the molecule is Cc1cccc(Cn2cc(Br)c(NC(=O)Cn3nc(C)c4c(-c5cccs5)ccnc43)n2)c1. The Balaban J connectivity index is 1.35. The highest BCUT2D eigenvalue weighted by Gasteiger charge is 2.17. The van der Waals surface area contributed by atoms with Gasteiger partial charge in [-0.2, -0.15) is 10.2 Å². The lowest BCUT2D eigenvalue weighted by Gasteiger charge is -2.05. The van der Waals surface area contributed by atoms with E-state index in [1.54, 1.807) is 26.9 Å². The second kappa shape index (κ2) is 8.92. The van der Waals surface area contributed by atoms with Gasteiger partial charge in [0.2, 0.25) is 5.91 Å². The molecular formula is C24H21BrN6OS. The molecule has 0 aliphatic carbocycles. The first-order chi connectivity index (χ1) is 16.0. The number of rotatable bonds is 6. The van der Waals surface area contributed by atoms with Crippen LogP contribution in [-0.4, -0.2) is 30.5 Å². The highest BCUT2D eigenvalue weighted by Crippen LogP contribution is 2.32. The number of carbonyl (C=O) groups is 1. The van der Waals surface area contributed by atoms with Gasteiger partial charge in [-0.25, -0.2) is 9.67 Å². The summed E-state index contributed by atoms with van der Waals surface area (Å²) in [7, 11) is 0. The topological polar surface area (TPSA) is 77.6 Å². The summed E-state index contributed by atoms with van der Waals surface area (Å²) in [6, 6.07) is 14.4. The summed E-state index contributed by atoms with van der Waals surface area (Å²) in [4.78, 5) is 18.5. The zero-order chi connectivity index (χ0) is 22.9. The number of nitrogens with one attached hydrogen (secondary N) is 1. The van der Waals surface area contributed by atoms with Crippen molar-refractivity contribution in [2.45, 2.75) is 26.9 Å². The second-order valence-corrected chi connectivity index (χ2v) is 9.64. The predicted octanol–water partition coefficient (Wildman–Crippen LogP) is 5.42. The fraction of sp³-hybridized carbons (Fsp3) is 0.167. The molecule has 0 aliphatic rings. The van der Waals surface area contributed by atoms with E-state index >= 15 is 0 Å². The molecule has 166 valence electrons. The van der Waals surface area contributed by atoms with Crippen LogP contribution in [0.15, 0.2) is 64.7 Å². The Morgan fingerprint density at radius 2 is 2.03 bits per heavy atom. The number of thiophene rings is 1. The molecule has 0 fully saturated rings. The third-order valence-electron chi connectivity index (χ3n) is 5.29. The molecule has 0 radical (unpaired) electrons. The van der Waals surface area contributed by atoms with Crippen molar-refractivity contribution in [3.8, 4) is 10.4 Å². The van der Waals surface area contributed by atoms with Gasteiger partial charge < -0.3 is 5.32 Å². The van der Waals surface area contributed by atoms with Gasteiger partial charge in [0.15, 0.2) is 11.5 Å². The third kappa shape index (κ3) is 4.46. The van der Waals surface area contributed by atoms with Crippen molar-refractivity contribution < 1.29 is 4.79 Å². The van der Waals surface area contributed by atoms with Gasteiger partial charge in [0.1, 0.15) is 6.54 Å². The maximum Gasteiger partial charge on any atom is 0.247 e. The Labute approximate surface area is 203 Å². The van der Waals surface area contributed by atoms with Crippen LogP contribution in [0.25, 0.3) is 21.5 Å². The van der Waals surface area contributed by atoms with Gasteiger partial charge in [-0.1, -0.05) is 35.9 Å². The molecule has 9 heteroatoms. The molecule has 0 spiro atoms. The highest BCUT2D eigenvalue weighted by molar-refractivity contribution is 9.10. The summed E-state index contributed by atoms with van der Waals surface area (Å²) < 4.78 is 4.18. The Morgan fingerprint density at radius 3 is 2.82 bits per heavy atom. The van der Waals surface area contributed by atoms with E-state index in [0.29, 0.717) is 18.0 Å². The lowest BCUT2D eigenvalue weighted by molar-refractivity contribution is -0.116. The van der Waals surface area contributed by atoms with E-state index in [4.69, 9.17) is 0 Å². The minimum Gasteiger partial charge on any atom is -0.307 e. The predicted molar refractivity (Wildman–Crippen MR) is 134 cm³/mol. The van der Waals surface area contributed by atoms with E-state index in [-0.39, 0.29) is 12.5 Å². The average Bonchev–Trinajstić information content (AvgIpc) is 3.49. The second-order valence-electron chi connectivity index (χ2n) is 7.84. The molecule has 7 nitrogen and oxygen atoms in total. The summed E-state index contributed by atoms with van der Waals surface area (Å²) in [6.45, 7) is 4.67. The summed E-state index contributed by atoms with van der Waals surface area (Å²) >= 11 is 5.17. The average molecular weight is 521 g/mol. The van der Waals surface area contributed by atoms with Crippen molar-refractivity contribution in [2.24, 2.45) is 0 Å². The number of hydrogen-bond donors (Lipinski definition) is 1. The summed E-state index contributed by atoms with van der Waals surface area (Å²) in [6.07, 6.45) is 3.62. The smallest absolute Gasteiger partial charge is 0.247 e. The molecule has 4 aromatic heterocycles. The van der Waals surface area contributed by atoms with Gasteiger partial charge in [0.25, 0.3) is 0 Å². The van der Waals surface area contributed by atoms with Crippen molar-refractivity contribution in [1.29, 1.82) is 0 Å². The lowest BCUT2D eigenvalue weighted by Crippen LogP contribution is -2.20. The zero-order valence-corrected chi connectivity index (χ0v) is 20.5. The minimum absolute atomic E-state index is 0.0441. The summed E-state index contributed by atoms with van der Waals surface area (Å²) in [5.41, 5.74) is 4.96. The number of fused-ring (bicyclic) bond motifs is 1. The molecule has 0 bridgehead atoms. The van der Waals surface area contributed by atoms with E-state index in [2.05, 4.69) is 67.6 Å². The van der Waals surface area contributed by atoms with Crippen molar-refractivity contribution in [2.75, 3.05) is 5.32 Å². The molecule has 4 heterocycles. The fourth-order valence-electron chi connectivity index (χ4n) is 3.90. The number of nitrogens with zero attached hydrogens (tertiary/aromatic N) is 5. The molecule has 0 saturated heterocycles. The van der Waals surface area contributed by atoms with E-state index in [1.807, 2.05) is 36.7 Å². The molecule has 5 aromatic rings. The van der Waals surface area contributed by atoms with Crippen molar-refractivity contribution >= 4 is 50.0 Å². The molecule has 1 aromatic carbocycles. The number of carbonyl (C=O) groups excluding carboxylic acids is 1. The van der Waals surface area contributed by atoms with Gasteiger partial charge >= 0.3 is 0 Å². The first-order valence-corrected chi connectivity index (χ1v) is 12.1. The van der Waals surface area contributed by atoms with Crippen LogP contribution in [0.4, 0.5) is 5.82 Å². The van der Waals surface area contributed by atoms with Gasteiger partial charge in [0, 0.05) is 22.8 Å². The molecule has 0 atom stereocenters. The quantitative estimate of drug-likeness (QED) is 0.324. The maximum absolute atomic E-state index is 12.8. The van der Waals surface area contributed by atoms with Crippen LogP contribution >= 0.6 is 27.3 Å². The largest absolute Gasteiger partial charge is 0.307 e. The Hall–Kier alpha value is -3.30. The molecule has 1 N–H and O–H groups in total. The summed E-state index contributed by atoms with van der Waals surface area (Å²) in [5.74, 6) is 0.261. The minimum atomic E-state index is -0.218. The Kier molecular flexibility index (Phi) is 5.82. The van der Waals surface area contributed by atoms with E-state index in [1.165, 1.54) is 5.56 Å². The number of hydrogen-bond acceptors (Lipinski definition) is 5. The zero-order valence-electron chi connectivity index (χ0n) is 18.1. The Morgan fingerprint density at radius 1 is 1.15 bits per heavy atom. The van der Waals surface area contributed by atoms with Crippen LogP contribution in [0.5, 0.6) is 0 Å². The molecule has 33 heavy (non-hydrogen) atoms. The monoisotopic (exact) mass is 520 g/mol. The molecule has 5 rings (SSSR count). The van der Waals surface area contributed by atoms with Gasteiger partial charge in [-0.15, -0.1) is 11.3 Å². The van der Waals surface area contributed by atoms with Crippen LogP contribution in [0.2, 0.25) is 0 Å². The van der Waals surface area contributed by atoms with Crippen molar-refractivity contribution in [1.82, 2.24) is 24.5 Å². The first-order valence-electron chi connectivity index (χ1n) is 10.4. The number of amides is 1. The number of aromatic nitrogens is 5. The molecule has 0 aliphatic heterocycles. The maximum atomic E-state index is 12.8. The lowest BCUT2D eigenvalue weighted by atomic mass is 10.1. The van der Waals surface area contributed by atoms with E-state index in [0.717, 1.165) is 31.6 Å². The van der Waals surface area contributed by atoms with Crippen molar-refractivity contribution in [3.63, 3.8) is 0 Å². The van der Waals surface area contributed by atoms with Gasteiger partial charge in [-0.05, 0) is 52.9 Å². The number of halogens is 1. The molecule has 0 saturated carbocycles. The van der Waals surface area contributed by atoms with Crippen LogP contribution < -0.4 is 5.32 Å². The van der Waals surface area contributed by atoms with E-state index < -0.39 is 0 Å². The van der Waals surface area contributed by atoms with Crippen LogP contribution in [0, 0.1) is 13.8 Å². The van der Waals surface area contributed by atoms with Gasteiger partial charge in [0.05, 0.1) is 22.1 Å². The van der Waals surface area contributed by atoms with Gasteiger partial charge in [-0.3, -0.25) is 9.48 Å². The molecular weight excluding hydrogens is 500 g/mol. The highest BCUT2D eigenvalue weighted by atomic mass is 79.9. The van der Waals surface area contributed by atoms with E-state index in [9.17, 15) is 4.79 Å². The van der Waals surface area contributed by atoms with Crippen molar-refractivity contribution in [3.05, 3.63) is 81.5 Å². The fourth-order valence-corrected chi connectivity index (χ4v) is 5.07. The third-order valence-corrected chi connectivity index (χ3v) is 6.77. The number of anilines is 1. The van der Waals surface area contributed by atoms with Crippen LogP contribution in [-0.2, 0) is 17.9 Å². The standard InChI is InChI=1S/C24H21BrN6OS/c1-15-5-3-6-17(11-15)12-30-13-19(25)23(29-30)27-21(32)14-31-24-22(16(2)28-31)18(8-9-26-24)20-7-4-10-33-20/h3-11,13H,12,14H2,1-2H3,(H,27,29,32). The normalized spacial score (nSPS) is 11.2. The van der Waals surface area contributed by atoms with Crippen LogP contribution in [0.3, 0.4) is 0 Å². The Bertz CT molecular complexity index is 1450. The number of pyridine rings is 1. The first kappa shape index (κ1) is 21.5. The number of aryl methyl sites for hydroxylation is 2. The molecule has 0 unspecified atom stereocenters. The summed E-state index contributed by atoms with van der Waals surface area (Å²) in [5, 5.41) is 15.0. The number of benzene rings is 1.